The standard InChI is InChI=1S/C17H16BrF3N4O/c1-11-22-14(17(19,20)21)10-15(23-11)24-6-8-25(9-7-24)16(26)12-4-2-3-5-13(12)18/h2-5,10H,6-9H2,1H3. The number of halogens is 4. The zero-order valence-corrected chi connectivity index (χ0v) is 15.5. The molecule has 0 N–H and O–H groups in total. The van der Waals surface area contributed by atoms with Crippen LogP contribution in [0.4, 0.5) is 19.0 Å². The summed E-state index contributed by atoms with van der Waals surface area (Å²) in [6, 6.07) is 8.11. The first-order valence-electron chi connectivity index (χ1n) is 7.97. The Bertz CT molecular complexity index is 820. The van der Waals surface area contributed by atoms with Crippen molar-refractivity contribution in [2.45, 2.75) is 13.1 Å². The summed E-state index contributed by atoms with van der Waals surface area (Å²) in [5.74, 6) is 0.200. The van der Waals surface area contributed by atoms with E-state index in [1.807, 2.05) is 6.07 Å². The molecule has 26 heavy (non-hydrogen) atoms. The Morgan fingerprint density at radius 3 is 2.38 bits per heavy atom. The quantitative estimate of drug-likeness (QED) is 0.733. The van der Waals surface area contributed by atoms with Crippen LogP contribution in [0.25, 0.3) is 0 Å². The molecule has 1 fully saturated rings. The summed E-state index contributed by atoms with van der Waals surface area (Å²) < 4.78 is 39.5. The van der Waals surface area contributed by atoms with Crippen molar-refractivity contribution in [1.82, 2.24) is 14.9 Å². The minimum absolute atomic E-state index is 0.0709. The summed E-state index contributed by atoms with van der Waals surface area (Å²) in [6.07, 6.45) is -4.51. The van der Waals surface area contributed by atoms with Crippen molar-refractivity contribution in [3.05, 3.63) is 51.9 Å². The van der Waals surface area contributed by atoms with E-state index >= 15 is 0 Å². The van der Waals surface area contributed by atoms with Gasteiger partial charge in [0.15, 0.2) is 0 Å². The van der Waals surface area contributed by atoms with Gasteiger partial charge in [-0.1, -0.05) is 12.1 Å². The number of carbonyl (C=O) groups is 1. The number of piperazine rings is 1. The number of aromatic nitrogens is 2. The maximum atomic E-state index is 12.9. The van der Waals surface area contributed by atoms with Crippen LogP contribution in [-0.2, 0) is 6.18 Å². The minimum Gasteiger partial charge on any atom is -0.353 e. The molecule has 2 heterocycles. The summed E-state index contributed by atoms with van der Waals surface area (Å²) in [7, 11) is 0. The van der Waals surface area contributed by atoms with Crippen LogP contribution in [0.1, 0.15) is 21.9 Å². The number of hydrogen-bond donors (Lipinski definition) is 0. The lowest BCUT2D eigenvalue weighted by Crippen LogP contribution is -2.49. The second kappa shape index (κ2) is 7.22. The molecular weight excluding hydrogens is 413 g/mol. The van der Waals surface area contributed by atoms with Gasteiger partial charge < -0.3 is 9.80 Å². The lowest BCUT2D eigenvalue weighted by atomic mass is 10.2. The lowest BCUT2D eigenvalue weighted by molar-refractivity contribution is -0.141. The topological polar surface area (TPSA) is 49.3 Å². The molecular formula is C17H16BrF3N4O. The van der Waals surface area contributed by atoms with Crippen molar-refractivity contribution in [1.29, 1.82) is 0 Å². The van der Waals surface area contributed by atoms with Crippen LogP contribution < -0.4 is 4.90 Å². The predicted octanol–water partition coefficient (Wildman–Crippen LogP) is 3.53. The van der Waals surface area contributed by atoms with E-state index in [2.05, 4.69) is 25.9 Å². The zero-order chi connectivity index (χ0) is 18.9. The largest absolute Gasteiger partial charge is 0.433 e. The molecule has 1 saturated heterocycles. The third kappa shape index (κ3) is 3.98. The highest BCUT2D eigenvalue weighted by Crippen LogP contribution is 2.30. The summed E-state index contributed by atoms with van der Waals surface area (Å²) in [5.41, 5.74) is -0.384. The number of nitrogens with zero attached hydrogens (tertiary/aromatic N) is 4. The molecule has 9 heteroatoms. The Hall–Kier alpha value is -2.16. The van der Waals surface area contributed by atoms with Gasteiger partial charge in [0.25, 0.3) is 5.91 Å². The SMILES string of the molecule is Cc1nc(N2CCN(C(=O)c3ccccc3Br)CC2)cc(C(F)(F)F)n1. The molecule has 0 unspecified atom stereocenters. The van der Waals surface area contributed by atoms with Gasteiger partial charge in [0.05, 0.1) is 5.56 Å². The van der Waals surface area contributed by atoms with Crippen LogP contribution in [0.2, 0.25) is 0 Å². The molecule has 138 valence electrons. The molecule has 0 radical (unpaired) electrons. The van der Waals surface area contributed by atoms with Crippen molar-refractivity contribution >= 4 is 27.7 Å². The van der Waals surface area contributed by atoms with E-state index in [1.165, 1.54) is 6.92 Å². The molecule has 0 atom stereocenters. The maximum absolute atomic E-state index is 12.9. The Kier molecular flexibility index (Phi) is 5.17. The van der Waals surface area contributed by atoms with Crippen molar-refractivity contribution in [3.63, 3.8) is 0 Å². The number of aryl methyl sites for hydroxylation is 1. The molecule has 2 aromatic rings. The third-order valence-corrected chi connectivity index (χ3v) is 4.80. The second-order valence-electron chi connectivity index (χ2n) is 5.92. The number of benzene rings is 1. The van der Waals surface area contributed by atoms with Gasteiger partial charge in [-0.05, 0) is 35.0 Å². The van der Waals surface area contributed by atoms with Crippen molar-refractivity contribution < 1.29 is 18.0 Å². The molecule has 1 aliphatic heterocycles. The molecule has 3 rings (SSSR count). The van der Waals surface area contributed by atoms with Gasteiger partial charge in [0, 0.05) is 36.7 Å². The molecule has 1 aromatic carbocycles. The number of carbonyl (C=O) groups excluding carboxylic acids is 1. The Morgan fingerprint density at radius 1 is 1.12 bits per heavy atom. The van der Waals surface area contributed by atoms with Gasteiger partial charge in [-0.25, -0.2) is 9.97 Å². The van der Waals surface area contributed by atoms with Crippen molar-refractivity contribution in [2.24, 2.45) is 0 Å². The van der Waals surface area contributed by atoms with E-state index in [-0.39, 0.29) is 17.5 Å². The van der Waals surface area contributed by atoms with Crippen LogP contribution in [0.15, 0.2) is 34.8 Å². The summed E-state index contributed by atoms with van der Waals surface area (Å²) >= 11 is 3.37. The number of hydrogen-bond acceptors (Lipinski definition) is 4. The van der Waals surface area contributed by atoms with Gasteiger partial charge in [-0.15, -0.1) is 0 Å². The fourth-order valence-corrected chi connectivity index (χ4v) is 3.26. The smallest absolute Gasteiger partial charge is 0.353 e. The minimum atomic E-state index is -4.51. The molecule has 0 bridgehead atoms. The maximum Gasteiger partial charge on any atom is 0.433 e. The molecule has 0 spiro atoms. The van der Waals surface area contributed by atoms with Crippen LogP contribution >= 0.6 is 15.9 Å². The van der Waals surface area contributed by atoms with Crippen LogP contribution in [0.5, 0.6) is 0 Å². The number of amides is 1. The van der Waals surface area contributed by atoms with Crippen molar-refractivity contribution in [3.8, 4) is 0 Å². The summed E-state index contributed by atoms with van der Waals surface area (Å²) in [6.45, 7) is 3.06. The van der Waals surface area contributed by atoms with Gasteiger partial charge in [0.2, 0.25) is 0 Å². The number of alkyl halides is 3. The van der Waals surface area contributed by atoms with Crippen molar-refractivity contribution in [2.75, 3.05) is 31.1 Å². The first-order chi connectivity index (χ1) is 12.3. The summed E-state index contributed by atoms with van der Waals surface area (Å²) in [4.78, 5) is 23.6. The highest BCUT2D eigenvalue weighted by molar-refractivity contribution is 9.10. The van der Waals surface area contributed by atoms with E-state index in [0.717, 1.165) is 6.07 Å². The van der Waals surface area contributed by atoms with Gasteiger partial charge in [-0.2, -0.15) is 13.2 Å². The van der Waals surface area contributed by atoms with Crippen LogP contribution in [-0.4, -0.2) is 47.0 Å². The fraction of sp³-hybridized carbons (Fsp3) is 0.353. The molecule has 1 amide bonds. The average molecular weight is 429 g/mol. The molecule has 1 aromatic heterocycles. The first kappa shape index (κ1) is 18.6. The average Bonchev–Trinajstić information content (AvgIpc) is 2.60. The Labute approximate surface area is 157 Å². The second-order valence-corrected chi connectivity index (χ2v) is 6.77. The highest BCUT2D eigenvalue weighted by Gasteiger charge is 2.34. The summed E-state index contributed by atoms with van der Waals surface area (Å²) in [5, 5.41) is 0. The molecule has 0 saturated carbocycles. The van der Waals surface area contributed by atoms with E-state index in [1.54, 1.807) is 28.0 Å². The zero-order valence-electron chi connectivity index (χ0n) is 13.9. The Balaban J connectivity index is 1.72. The van der Waals surface area contributed by atoms with Crippen LogP contribution in [0.3, 0.4) is 0 Å². The fourth-order valence-electron chi connectivity index (χ4n) is 2.80. The monoisotopic (exact) mass is 428 g/mol. The predicted molar refractivity (Wildman–Crippen MR) is 94.0 cm³/mol. The van der Waals surface area contributed by atoms with E-state index in [9.17, 15) is 18.0 Å². The van der Waals surface area contributed by atoms with Gasteiger partial charge in [-0.3, -0.25) is 4.79 Å². The third-order valence-electron chi connectivity index (χ3n) is 4.11. The van der Waals surface area contributed by atoms with E-state index < -0.39 is 11.9 Å². The van der Waals surface area contributed by atoms with Crippen LogP contribution in [0, 0.1) is 6.92 Å². The first-order valence-corrected chi connectivity index (χ1v) is 8.76. The van der Waals surface area contributed by atoms with E-state index in [4.69, 9.17) is 0 Å². The Morgan fingerprint density at radius 2 is 1.77 bits per heavy atom. The molecule has 1 aliphatic rings. The number of rotatable bonds is 2. The van der Waals surface area contributed by atoms with Gasteiger partial charge >= 0.3 is 6.18 Å². The molecule has 5 nitrogen and oxygen atoms in total. The lowest BCUT2D eigenvalue weighted by Gasteiger charge is -2.35. The molecule has 0 aliphatic carbocycles. The normalized spacial score (nSPS) is 15.3. The van der Waals surface area contributed by atoms with Gasteiger partial charge in [0.1, 0.15) is 17.3 Å². The van der Waals surface area contributed by atoms with E-state index in [0.29, 0.717) is 36.2 Å². The highest BCUT2D eigenvalue weighted by atomic mass is 79.9. The number of anilines is 1.